The normalized spacial score (nSPS) is 13.6. The van der Waals surface area contributed by atoms with E-state index in [1.165, 1.54) is 37.4 Å². The van der Waals surface area contributed by atoms with Gasteiger partial charge in [0.2, 0.25) is 0 Å². The molecule has 0 saturated heterocycles. The van der Waals surface area contributed by atoms with Crippen molar-refractivity contribution in [2.24, 2.45) is 0 Å². The van der Waals surface area contributed by atoms with E-state index in [0.717, 1.165) is 24.1 Å². The van der Waals surface area contributed by atoms with Crippen LogP contribution < -0.4 is 14.8 Å². The molecule has 0 bridgehead atoms. The number of hydrogen-bond acceptors (Lipinski definition) is 5. The molecule has 31 heavy (non-hydrogen) atoms. The van der Waals surface area contributed by atoms with Crippen molar-refractivity contribution in [2.75, 3.05) is 17.1 Å². The number of nitrogens with zero attached hydrogens (tertiary/aromatic N) is 1. The Balaban J connectivity index is 1.56. The molecule has 0 radical (unpaired) electrons. The van der Waals surface area contributed by atoms with Crippen molar-refractivity contribution >= 4 is 39.0 Å². The highest BCUT2D eigenvalue weighted by Crippen LogP contribution is 2.41. The molecule has 0 unspecified atom stereocenters. The van der Waals surface area contributed by atoms with Crippen molar-refractivity contribution in [3.05, 3.63) is 64.3 Å². The summed E-state index contributed by atoms with van der Waals surface area (Å²) in [4.78, 5) is 12.7. The molecule has 3 aromatic rings. The summed E-state index contributed by atoms with van der Waals surface area (Å²) in [5.41, 5.74) is 2.32. The lowest BCUT2D eigenvalue weighted by Gasteiger charge is -2.13. The number of H-pyrrole nitrogens is 1. The van der Waals surface area contributed by atoms with Crippen LogP contribution in [-0.4, -0.2) is 31.6 Å². The second-order valence-corrected chi connectivity index (χ2v) is 9.44. The minimum atomic E-state index is -3.99. The first kappa shape index (κ1) is 21.2. The van der Waals surface area contributed by atoms with Gasteiger partial charge < -0.3 is 10.1 Å². The standard InChI is InChI=1S/C21H21ClN4O4S/c1-12-19(13-6-7-13)24-25-20(12)23-21(27)14-4-3-5-16(10-14)31(28,29)26-17-11-15(22)8-9-18(17)30-2/h3-5,8-11,13,26H,6-7H2,1-2H3,(H2,23,24,25,27). The SMILES string of the molecule is COc1ccc(Cl)cc1NS(=O)(=O)c1cccc(C(=O)Nc2n[nH]c(C3CC3)c2C)c1. The zero-order valence-electron chi connectivity index (χ0n) is 16.9. The minimum absolute atomic E-state index is 0.0698. The summed E-state index contributed by atoms with van der Waals surface area (Å²) in [5.74, 6) is 0.791. The third-order valence-corrected chi connectivity index (χ3v) is 6.68. The van der Waals surface area contributed by atoms with Crippen LogP contribution in [0.3, 0.4) is 0 Å². The van der Waals surface area contributed by atoms with E-state index in [4.69, 9.17) is 16.3 Å². The lowest BCUT2D eigenvalue weighted by atomic mass is 10.2. The van der Waals surface area contributed by atoms with E-state index in [9.17, 15) is 13.2 Å². The van der Waals surface area contributed by atoms with Crippen molar-refractivity contribution in [1.82, 2.24) is 10.2 Å². The number of amides is 1. The lowest BCUT2D eigenvalue weighted by Crippen LogP contribution is -2.16. The molecule has 2 aromatic carbocycles. The van der Waals surface area contributed by atoms with Crippen LogP contribution >= 0.6 is 11.6 Å². The second kappa shape index (κ2) is 8.24. The van der Waals surface area contributed by atoms with E-state index in [1.807, 2.05) is 6.92 Å². The Morgan fingerprint density at radius 1 is 1.23 bits per heavy atom. The highest BCUT2D eigenvalue weighted by atomic mass is 35.5. The van der Waals surface area contributed by atoms with Crippen LogP contribution in [0.25, 0.3) is 0 Å². The Labute approximate surface area is 185 Å². The van der Waals surface area contributed by atoms with Crippen LogP contribution in [0.2, 0.25) is 5.02 Å². The third-order valence-electron chi connectivity index (χ3n) is 5.08. The highest BCUT2D eigenvalue weighted by molar-refractivity contribution is 7.92. The molecule has 8 nitrogen and oxygen atoms in total. The number of benzene rings is 2. The number of sulfonamides is 1. The fourth-order valence-corrected chi connectivity index (χ4v) is 4.53. The van der Waals surface area contributed by atoms with Gasteiger partial charge in [0.1, 0.15) is 5.75 Å². The number of carbonyl (C=O) groups excluding carboxylic acids is 1. The van der Waals surface area contributed by atoms with E-state index in [0.29, 0.717) is 22.5 Å². The molecule has 10 heteroatoms. The van der Waals surface area contributed by atoms with E-state index in [-0.39, 0.29) is 16.1 Å². The fraction of sp³-hybridized carbons (Fsp3) is 0.238. The van der Waals surface area contributed by atoms with Gasteiger partial charge in [-0.2, -0.15) is 5.10 Å². The summed E-state index contributed by atoms with van der Waals surface area (Å²) < 4.78 is 33.4. The first-order chi connectivity index (χ1) is 14.8. The van der Waals surface area contributed by atoms with Crippen LogP contribution in [0.1, 0.15) is 40.4 Å². The molecule has 1 aromatic heterocycles. The fourth-order valence-electron chi connectivity index (χ4n) is 3.25. The van der Waals surface area contributed by atoms with Crippen LogP contribution in [0.4, 0.5) is 11.5 Å². The first-order valence-electron chi connectivity index (χ1n) is 9.61. The van der Waals surface area contributed by atoms with E-state index in [1.54, 1.807) is 12.1 Å². The highest BCUT2D eigenvalue weighted by Gasteiger charge is 2.28. The molecule has 4 rings (SSSR count). The van der Waals surface area contributed by atoms with Crippen LogP contribution in [0.15, 0.2) is 47.4 Å². The van der Waals surface area contributed by atoms with E-state index < -0.39 is 15.9 Å². The zero-order valence-corrected chi connectivity index (χ0v) is 18.5. The molecule has 3 N–H and O–H groups in total. The number of carbonyl (C=O) groups is 1. The molecule has 1 aliphatic carbocycles. The molecule has 1 aliphatic rings. The number of methoxy groups -OCH3 is 1. The molecule has 1 heterocycles. The zero-order chi connectivity index (χ0) is 22.2. The quantitative estimate of drug-likeness (QED) is 0.486. The van der Waals surface area contributed by atoms with Gasteiger partial charge in [-0.3, -0.25) is 14.6 Å². The topological polar surface area (TPSA) is 113 Å². The van der Waals surface area contributed by atoms with E-state index in [2.05, 4.69) is 20.2 Å². The van der Waals surface area contributed by atoms with Gasteiger partial charge in [0.05, 0.1) is 17.7 Å². The molecule has 1 saturated carbocycles. The summed E-state index contributed by atoms with van der Waals surface area (Å²) in [6, 6.07) is 10.4. The molecule has 1 amide bonds. The summed E-state index contributed by atoms with van der Waals surface area (Å²) in [6.45, 7) is 1.90. The lowest BCUT2D eigenvalue weighted by molar-refractivity contribution is 0.102. The molecule has 0 atom stereocenters. The van der Waals surface area contributed by atoms with Gasteiger partial charge in [-0.15, -0.1) is 0 Å². The van der Waals surface area contributed by atoms with Gasteiger partial charge in [-0.1, -0.05) is 17.7 Å². The smallest absolute Gasteiger partial charge is 0.262 e. The van der Waals surface area contributed by atoms with Crippen molar-refractivity contribution < 1.29 is 17.9 Å². The maximum Gasteiger partial charge on any atom is 0.262 e. The maximum absolute atomic E-state index is 12.9. The monoisotopic (exact) mass is 460 g/mol. The Hall–Kier alpha value is -3.04. The number of ether oxygens (including phenoxy) is 1. The number of aromatic nitrogens is 2. The third kappa shape index (κ3) is 4.52. The van der Waals surface area contributed by atoms with Gasteiger partial charge in [0.25, 0.3) is 15.9 Å². The van der Waals surface area contributed by atoms with Crippen molar-refractivity contribution in [3.8, 4) is 5.75 Å². The Kier molecular flexibility index (Phi) is 5.63. The first-order valence-corrected chi connectivity index (χ1v) is 11.5. The molecular weight excluding hydrogens is 440 g/mol. The number of halogens is 1. The van der Waals surface area contributed by atoms with Gasteiger partial charge >= 0.3 is 0 Å². The van der Waals surface area contributed by atoms with Crippen molar-refractivity contribution in [2.45, 2.75) is 30.6 Å². The van der Waals surface area contributed by atoms with Crippen LogP contribution in [-0.2, 0) is 10.0 Å². The minimum Gasteiger partial charge on any atom is -0.495 e. The second-order valence-electron chi connectivity index (χ2n) is 7.32. The summed E-state index contributed by atoms with van der Waals surface area (Å²) in [5, 5.41) is 10.3. The number of rotatable bonds is 7. The maximum atomic E-state index is 12.9. The predicted molar refractivity (Wildman–Crippen MR) is 119 cm³/mol. The number of anilines is 2. The van der Waals surface area contributed by atoms with Crippen LogP contribution in [0, 0.1) is 6.92 Å². The predicted octanol–water partition coefficient (Wildman–Crippen LogP) is 4.31. The van der Waals surface area contributed by atoms with Gasteiger partial charge in [-0.05, 0) is 56.2 Å². The van der Waals surface area contributed by atoms with E-state index >= 15 is 0 Å². The Morgan fingerprint density at radius 2 is 2.00 bits per heavy atom. The van der Waals surface area contributed by atoms with Crippen molar-refractivity contribution in [3.63, 3.8) is 0 Å². The molecule has 1 fully saturated rings. The van der Waals surface area contributed by atoms with Crippen molar-refractivity contribution in [1.29, 1.82) is 0 Å². The average Bonchev–Trinajstić information content (AvgIpc) is 3.52. The Morgan fingerprint density at radius 3 is 2.71 bits per heavy atom. The molecule has 162 valence electrons. The summed E-state index contributed by atoms with van der Waals surface area (Å²) in [7, 11) is -2.56. The molecule has 0 aliphatic heterocycles. The Bertz CT molecular complexity index is 1250. The number of hydrogen-bond donors (Lipinski definition) is 3. The van der Waals surface area contributed by atoms with Gasteiger partial charge in [0, 0.05) is 27.8 Å². The van der Waals surface area contributed by atoms with Gasteiger partial charge in [0.15, 0.2) is 5.82 Å². The van der Waals surface area contributed by atoms with Gasteiger partial charge in [-0.25, -0.2) is 8.42 Å². The molecule has 0 spiro atoms. The number of aromatic amines is 1. The average molecular weight is 461 g/mol. The largest absolute Gasteiger partial charge is 0.495 e. The summed E-state index contributed by atoms with van der Waals surface area (Å²) in [6.07, 6.45) is 2.22. The molecular formula is C21H21ClN4O4S. The number of nitrogens with one attached hydrogen (secondary N) is 3. The van der Waals surface area contributed by atoms with Crippen LogP contribution in [0.5, 0.6) is 5.75 Å². The summed E-state index contributed by atoms with van der Waals surface area (Å²) >= 11 is 5.98.